The average Bonchev–Trinajstić information content (AvgIpc) is 2.69. The minimum absolute atomic E-state index is 0.0839. The van der Waals surface area contributed by atoms with Crippen LogP contribution in [-0.4, -0.2) is 30.7 Å². The van der Waals surface area contributed by atoms with Gasteiger partial charge in [0.2, 0.25) is 0 Å². The van der Waals surface area contributed by atoms with Gasteiger partial charge in [0.25, 0.3) is 0 Å². The molecule has 160 valence electrons. The van der Waals surface area contributed by atoms with Gasteiger partial charge < -0.3 is 22.5 Å². The minimum Gasteiger partial charge on any atom is -0.388 e. The lowest BCUT2D eigenvalue weighted by atomic mass is 10.1. The van der Waals surface area contributed by atoms with Crippen molar-refractivity contribution >= 4 is 23.7 Å². The molecule has 7 heteroatoms. The van der Waals surface area contributed by atoms with Crippen LogP contribution in [0.2, 0.25) is 0 Å². The molecule has 1 aromatic rings. The maximum atomic E-state index is 7.38. The Morgan fingerprint density at radius 2 is 1.52 bits per heavy atom. The molecular weight excluding hydrogens is 362 g/mol. The monoisotopic (exact) mass is 399 g/mol. The number of benzene rings is 1. The fraction of sp³-hybridized carbons (Fsp3) is 0.500. The predicted octanol–water partition coefficient (Wildman–Crippen LogP) is 3.34. The number of aliphatic imine (C=N–C) groups is 1. The van der Waals surface area contributed by atoms with E-state index < -0.39 is 0 Å². The summed E-state index contributed by atoms with van der Waals surface area (Å²) in [6.07, 6.45) is 13.8. The van der Waals surface area contributed by atoms with Crippen molar-refractivity contribution in [2.75, 3.05) is 13.1 Å². The Bertz CT molecular complexity index is 662. The summed E-state index contributed by atoms with van der Waals surface area (Å²) in [5.41, 5.74) is 18.5. The van der Waals surface area contributed by atoms with Crippen molar-refractivity contribution in [2.45, 2.75) is 57.8 Å². The second kappa shape index (κ2) is 15.1. The zero-order valence-corrected chi connectivity index (χ0v) is 17.4. The van der Waals surface area contributed by atoms with Gasteiger partial charge in [-0.15, -0.1) is 0 Å². The fourth-order valence-corrected chi connectivity index (χ4v) is 2.84. The van der Waals surface area contributed by atoms with Gasteiger partial charge in [0.15, 0.2) is 5.96 Å². The van der Waals surface area contributed by atoms with E-state index in [4.69, 9.17) is 28.0 Å². The number of unbranched alkanes of at least 4 members (excludes halogenated alkanes) is 6. The van der Waals surface area contributed by atoms with Gasteiger partial charge in [-0.05, 0) is 24.8 Å². The maximum absolute atomic E-state index is 7.38. The van der Waals surface area contributed by atoms with E-state index in [2.05, 4.69) is 16.4 Å². The van der Waals surface area contributed by atoms with Crippen molar-refractivity contribution in [3.63, 3.8) is 0 Å². The molecule has 29 heavy (non-hydrogen) atoms. The average molecular weight is 400 g/mol. The Balaban J connectivity index is 2.02. The molecule has 0 spiro atoms. The number of nitrogens with zero attached hydrogens (tertiary/aromatic N) is 1. The van der Waals surface area contributed by atoms with E-state index in [1.165, 1.54) is 25.7 Å². The van der Waals surface area contributed by atoms with E-state index in [-0.39, 0.29) is 5.84 Å². The van der Waals surface area contributed by atoms with Crippen molar-refractivity contribution in [3.05, 3.63) is 41.5 Å². The molecule has 0 amide bonds. The summed E-state index contributed by atoms with van der Waals surface area (Å²) in [6.45, 7) is 1.51. The standard InChI is InChI=1S/C22H37N7/c23-20(24)11-6-4-2-1-3-5-8-16-28-22(27)29-17-9-7-10-18-12-14-19(15-13-18)21(25)26/h7,10,12-15H,1-6,8-9,11,16-17H2,(H3,23,24)(H3,25,26)(H3,27,28,29). The van der Waals surface area contributed by atoms with Gasteiger partial charge in [-0.1, -0.05) is 68.5 Å². The summed E-state index contributed by atoms with van der Waals surface area (Å²) in [5, 5.41) is 17.7. The lowest BCUT2D eigenvalue weighted by Gasteiger charge is -2.04. The first-order chi connectivity index (χ1) is 14.0. The van der Waals surface area contributed by atoms with Crippen molar-refractivity contribution < 1.29 is 0 Å². The number of hydrogen-bond donors (Lipinski definition) is 6. The molecule has 1 aromatic carbocycles. The number of nitrogens with one attached hydrogen (secondary N) is 3. The second-order valence-corrected chi connectivity index (χ2v) is 7.17. The highest BCUT2D eigenvalue weighted by atomic mass is 15.1. The molecule has 7 nitrogen and oxygen atoms in total. The summed E-state index contributed by atoms with van der Waals surface area (Å²) in [6, 6.07) is 7.59. The second-order valence-electron chi connectivity index (χ2n) is 7.17. The van der Waals surface area contributed by atoms with Crippen molar-refractivity contribution in [1.29, 1.82) is 10.8 Å². The SMILES string of the molecule is N=C(N)CCCCCCCCCN=C(N)NCCC=Cc1ccc(C(=N)N)cc1. The predicted molar refractivity (Wildman–Crippen MR) is 124 cm³/mol. The summed E-state index contributed by atoms with van der Waals surface area (Å²) < 4.78 is 0. The number of hydrogen-bond acceptors (Lipinski definition) is 3. The highest BCUT2D eigenvalue weighted by Gasteiger charge is 1.96. The van der Waals surface area contributed by atoms with Crippen LogP contribution in [0.5, 0.6) is 0 Å². The molecule has 0 aliphatic rings. The van der Waals surface area contributed by atoms with E-state index in [0.29, 0.717) is 11.8 Å². The summed E-state index contributed by atoms with van der Waals surface area (Å²) >= 11 is 0. The number of nitrogen functional groups attached to an aromatic ring is 1. The highest BCUT2D eigenvalue weighted by molar-refractivity contribution is 5.95. The van der Waals surface area contributed by atoms with Gasteiger partial charge in [-0.2, -0.15) is 0 Å². The van der Waals surface area contributed by atoms with Crippen molar-refractivity contribution in [1.82, 2.24) is 5.32 Å². The zero-order chi connectivity index (χ0) is 21.3. The Morgan fingerprint density at radius 3 is 2.14 bits per heavy atom. The summed E-state index contributed by atoms with van der Waals surface area (Å²) in [4.78, 5) is 4.36. The summed E-state index contributed by atoms with van der Waals surface area (Å²) in [5.74, 6) is 0.889. The molecule has 0 bridgehead atoms. The molecule has 9 N–H and O–H groups in total. The Labute approximate surface area is 174 Å². The van der Waals surface area contributed by atoms with Crippen LogP contribution < -0.4 is 22.5 Å². The highest BCUT2D eigenvalue weighted by Crippen LogP contribution is 2.08. The quantitative estimate of drug-likeness (QED) is 0.152. The smallest absolute Gasteiger partial charge is 0.188 e. The molecule has 0 atom stereocenters. The lowest BCUT2D eigenvalue weighted by molar-refractivity contribution is 0.586. The third kappa shape index (κ3) is 13.1. The van der Waals surface area contributed by atoms with Gasteiger partial charge in [0.05, 0.1) is 5.84 Å². The molecule has 0 aromatic heterocycles. The van der Waals surface area contributed by atoms with Crippen LogP contribution in [0.25, 0.3) is 6.08 Å². The Morgan fingerprint density at radius 1 is 0.897 bits per heavy atom. The maximum Gasteiger partial charge on any atom is 0.188 e. The van der Waals surface area contributed by atoms with E-state index in [1.807, 2.05) is 30.3 Å². The first-order valence-corrected chi connectivity index (χ1v) is 10.5. The van der Waals surface area contributed by atoms with E-state index in [1.54, 1.807) is 0 Å². The van der Waals surface area contributed by atoms with Crippen LogP contribution in [0.3, 0.4) is 0 Å². The fourth-order valence-electron chi connectivity index (χ4n) is 2.84. The molecule has 0 saturated carbocycles. The first-order valence-electron chi connectivity index (χ1n) is 10.5. The number of rotatable bonds is 15. The minimum atomic E-state index is 0.0839. The van der Waals surface area contributed by atoms with Crippen LogP contribution in [0.1, 0.15) is 68.9 Å². The Hall–Kier alpha value is -2.83. The molecule has 0 saturated heterocycles. The molecular formula is C22H37N7. The summed E-state index contributed by atoms with van der Waals surface area (Å²) in [7, 11) is 0. The number of nitrogens with two attached hydrogens (primary N) is 3. The van der Waals surface area contributed by atoms with Gasteiger partial charge in [0, 0.05) is 25.1 Å². The van der Waals surface area contributed by atoms with Crippen LogP contribution >= 0.6 is 0 Å². The molecule has 0 heterocycles. The van der Waals surface area contributed by atoms with Gasteiger partial charge >= 0.3 is 0 Å². The third-order valence-corrected chi connectivity index (χ3v) is 4.54. The topological polar surface area (TPSA) is 150 Å². The van der Waals surface area contributed by atoms with Crippen LogP contribution in [0.15, 0.2) is 35.3 Å². The van der Waals surface area contributed by atoms with Gasteiger partial charge in [-0.3, -0.25) is 15.8 Å². The van der Waals surface area contributed by atoms with E-state index in [0.717, 1.165) is 56.3 Å². The van der Waals surface area contributed by atoms with Crippen LogP contribution in [0.4, 0.5) is 0 Å². The van der Waals surface area contributed by atoms with Crippen molar-refractivity contribution in [2.24, 2.45) is 22.2 Å². The molecule has 1 rings (SSSR count). The van der Waals surface area contributed by atoms with Gasteiger partial charge in [0.1, 0.15) is 5.84 Å². The van der Waals surface area contributed by atoms with Crippen LogP contribution in [-0.2, 0) is 0 Å². The van der Waals surface area contributed by atoms with E-state index in [9.17, 15) is 0 Å². The van der Waals surface area contributed by atoms with Crippen LogP contribution in [0, 0.1) is 10.8 Å². The third-order valence-electron chi connectivity index (χ3n) is 4.54. The normalized spacial score (nSPS) is 11.7. The largest absolute Gasteiger partial charge is 0.388 e. The number of guanidine groups is 1. The lowest BCUT2D eigenvalue weighted by Crippen LogP contribution is -2.32. The molecule has 0 radical (unpaired) electrons. The zero-order valence-electron chi connectivity index (χ0n) is 17.4. The first kappa shape index (κ1) is 24.2. The van der Waals surface area contributed by atoms with Crippen molar-refractivity contribution in [3.8, 4) is 0 Å². The van der Waals surface area contributed by atoms with Gasteiger partial charge in [-0.25, -0.2) is 0 Å². The molecule has 0 unspecified atom stereocenters. The molecule has 0 aliphatic heterocycles. The number of amidine groups is 2. The van der Waals surface area contributed by atoms with E-state index >= 15 is 0 Å². The molecule has 0 aliphatic carbocycles. The molecule has 0 fully saturated rings. The Kier molecular flexibility index (Phi) is 12.6.